The number of urea groups is 1. The van der Waals surface area contributed by atoms with Crippen LogP contribution in [0.4, 0.5) is 4.79 Å². The smallest absolute Gasteiger partial charge is 0.324 e. The highest BCUT2D eigenvalue weighted by atomic mass is 32.1. The Morgan fingerprint density at radius 3 is 2.57 bits per heavy atom. The van der Waals surface area contributed by atoms with Crippen molar-refractivity contribution in [3.63, 3.8) is 0 Å². The van der Waals surface area contributed by atoms with E-state index in [0.29, 0.717) is 50.4 Å². The van der Waals surface area contributed by atoms with Crippen molar-refractivity contribution in [2.75, 3.05) is 47.4 Å². The lowest BCUT2D eigenvalue weighted by Crippen LogP contribution is -2.65. The maximum Gasteiger partial charge on any atom is 0.324 e. The molecule has 0 spiro atoms. The van der Waals surface area contributed by atoms with E-state index in [1.165, 1.54) is 38.3 Å². The molecule has 7 rings (SSSR count). The molecule has 0 radical (unpaired) electrons. The fourth-order valence-electron chi connectivity index (χ4n) is 9.53. The number of pyridine rings is 1. The average Bonchev–Trinajstić information content (AvgIpc) is 3.89. The third kappa shape index (κ3) is 11.2. The molecule has 3 aliphatic heterocycles. The number of esters is 1. The number of methoxy groups -OCH3 is 1. The number of nitrogens with zero attached hydrogens (tertiary/aromatic N) is 7. The number of hydrogen-bond acceptors (Lipinski definition) is 12. The Kier molecular flexibility index (Phi) is 15.4. The van der Waals surface area contributed by atoms with Gasteiger partial charge < -0.3 is 39.2 Å². The summed E-state index contributed by atoms with van der Waals surface area (Å²) in [5.41, 5.74) is 8.04. The van der Waals surface area contributed by atoms with Crippen LogP contribution in [0.1, 0.15) is 90.6 Å². The second kappa shape index (κ2) is 20.7. The Hall–Kier alpha value is -5.69. The first-order valence-corrected chi connectivity index (χ1v) is 24.8. The highest BCUT2D eigenvalue weighted by Gasteiger charge is 2.41. The molecule has 2 saturated heterocycles. The first kappa shape index (κ1) is 51.2. The number of aliphatic hydroxyl groups is 1. The zero-order valence-electron chi connectivity index (χ0n) is 41.9. The molecule has 4 aromatic rings. The summed E-state index contributed by atoms with van der Waals surface area (Å²) in [6.07, 6.45) is 5.88. The Bertz CT molecular complexity index is 2590. The molecule has 0 saturated carbocycles. The zero-order chi connectivity index (χ0) is 50.1. The maximum atomic E-state index is 14.7. The van der Waals surface area contributed by atoms with E-state index in [2.05, 4.69) is 60.3 Å². The van der Waals surface area contributed by atoms with E-state index in [9.17, 15) is 29.1 Å². The molecule has 3 N–H and O–H groups in total. The van der Waals surface area contributed by atoms with Gasteiger partial charge in [0.2, 0.25) is 11.8 Å². The van der Waals surface area contributed by atoms with E-state index in [1.54, 1.807) is 46.1 Å². The van der Waals surface area contributed by atoms with Crippen molar-refractivity contribution in [1.29, 1.82) is 0 Å². The molecule has 1 aromatic carbocycles. The van der Waals surface area contributed by atoms with E-state index in [0.717, 1.165) is 44.7 Å². The molecule has 5 amide bonds. The zero-order valence-corrected chi connectivity index (χ0v) is 42.7. The highest BCUT2D eigenvalue weighted by molar-refractivity contribution is 7.10. The van der Waals surface area contributed by atoms with Crippen LogP contribution < -0.4 is 10.7 Å². The second-order valence-corrected chi connectivity index (χ2v) is 21.3. The van der Waals surface area contributed by atoms with E-state index < -0.39 is 53.0 Å². The number of benzene rings is 1. The predicted octanol–water partition coefficient (Wildman–Crippen LogP) is 5.75. The molecule has 4 atom stereocenters. The van der Waals surface area contributed by atoms with Crippen molar-refractivity contribution in [1.82, 2.24) is 45.0 Å². The van der Waals surface area contributed by atoms with Gasteiger partial charge in [0, 0.05) is 98.9 Å². The van der Waals surface area contributed by atoms with Crippen LogP contribution in [0.5, 0.6) is 0 Å². The molecule has 17 nitrogen and oxygen atoms in total. The lowest BCUT2D eigenvalue weighted by Gasteiger charge is -2.45. The number of aryl methyl sites for hydroxylation is 1. The van der Waals surface area contributed by atoms with Crippen LogP contribution in [0.2, 0.25) is 0 Å². The van der Waals surface area contributed by atoms with Crippen LogP contribution in [-0.4, -0.2) is 146 Å². The van der Waals surface area contributed by atoms with Gasteiger partial charge in [-0.1, -0.05) is 33.8 Å². The Labute approximate surface area is 409 Å². The van der Waals surface area contributed by atoms with Gasteiger partial charge in [0.15, 0.2) is 0 Å². The molecular formula is C51H69N9O8S. The summed E-state index contributed by atoms with van der Waals surface area (Å²) in [6.45, 7) is 16.8. The number of hydrogen-bond donors (Lipinski definition) is 3. The molecule has 18 heteroatoms. The lowest BCUT2D eigenvalue weighted by molar-refractivity contribution is -0.155. The number of aromatic nitrogens is 3. The van der Waals surface area contributed by atoms with Crippen LogP contribution in [0.3, 0.4) is 0 Å². The van der Waals surface area contributed by atoms with E-state index >= 15 is 0 Å². The molecule has 3 aliphatic rings. The number of fused-ring (bicyclic) bond motifs is 6. The summed E-state index contributed by atoms with van der Waals surface area (Å²) >= 11 is 1.39. The first-order valence-electron chi connectivity index (χ1n) is 23.9. The van der Waals surface area contributed by atoms with Gasteiger partial charge in [-0.3, -0.25) is 29.2 Å². The Morgan fingerprint density at radius 1 is 1.14 bits per heavy atom. The summed E-state index contributed by atoms with van der Waals surface area (Å²) in [7, 11) is 4.89. The van der Waals surface area contributed by atoms with Crippen LogP contribution in [0.15, 0.2) is 54.1 Å². The van der Waals surface area contributed by atoms with Crippen molar-refractivity contribution in [3.8, 4) is 22.5 Å². The third-order valence-corrected chi connectivity index (χ3v) is 14.3. The molecule has 0 unspecified atom stereocenters. The van der Waals surface area contributed by atoms with Crippen LogP contribution >= 0.6 is 11.3 Å². The average molecular weight is 968 g/mol. The number of hydrazine groups is 1. The number of cyclic esters (lactones) is 1. The number of ether oxygens (including phenoxy) is 2. The minimum absolute atomic E-state index is 0.0538. The van der Waals surface area contributed by atoms with E-state index in [1.807, 2.05) is 32.2 Å². The van der Waals surface area contributed by atoms with E-state index in [-0.39, 0.29) is 37.0 Å². The van der Waals surface area contributed by atoms with Gasteiger partial charge in [-0.15, -0.1) is 11.3 Å². The summed E-state index contributed by atoms with van der Waals surface area (Å²) in [4.78, 5) is 84.1. The molecule has 372 valence electrons. The lowest BCUT2D eigenvalue weighted by atomic mass is 9.84. The third-order valence-electron chi connectivity index (χ3n) is 13.4. The molecule has 69 heavy (non-hydrogen) atoms. The highest BCUT2D eigenvalue weighted by Crippen LogP contribution is 2.42. The normalized spacial score (nSPS) is 20.1. The Balaban J connectivity index is 1.21. The molecule has 6 bridgehead atoms. The SMILES string of the molecule is CCn1c(-c2cccnc2[C@H](C)OC)c2c3cc(ccc31)-c1csc(n1)C[C@H](NC(=O)[C@H](C(C)C)N(C)C(=O)N(C)C1CN(C(=O)/C=C/C(C)(C)O)C1)C(=O)N1CCC[C@H](N1)C(=O)OCC(C)(C)C2. The number of likely N-dealkylation sites (N-methyl/N-ethyl adjacent to an activating group) is 2. The van der Waals surface area contributed by atoms with Gasteiger partial charge in [-0.2, -0.15) is 0 Å². The van der Waals surface area contributed by atoms with Crippen LogP contribution in [0, 0.1) is 11.3 Å². The summed E-state index contributed by atoms with van der Waals surface area (Å²) in [5.74, 6) is -2.05. The predicted molar refractivity (Wildman–Crippen MR) is 265 cm³/mol. The number of rotatable bonds is 11. The largest absolute Gasteiger partial charge is 0.464 e. The molecule has 6 heterocycles. The number of thiazole rings is 1. The van der Waals surface area contributed by atoms with Crippen molar-refractivity contribution < 1.29 is 38.6 Å². The minimum atomic E-state index is -1.14. The Morgan fingerprint density at radius 2 is 1.88 bits per heavy atom. The topological polar surface area (TPSA) is 192 Å². The molecular weight excluding hydrogens is 899 g/mol. The fraction of sp³-hybridized carbons (Fsp3) is 0.549. The second-order valence-electron chi connectivity index (χ2n) is 20.3. The van der Waals surface area contributed by atoms with Crippen LogP contribution in [0.25, 0.3) is 33.4 Å². The van der Waals surface area contributed by atoms with Gasteiger partial charge in [0.25, 0.3) is 5.91 Å². The number of carbonyl (C=O) groups excluding carboxylic acids is 5. The monoisotopic (exact) mass is 967 g/mol. The number of likely N-dealkylation sites (tertiary alicyclic amines) is 1. The van der Waals surface area contributed by atoms with Gasteiger partial charge >= 0.3 is 12.0 Å². The van der Waals surface area contributed by atoms with Crippen molar-refractivity contribution >= 4 is 52.0 Å². The van der Waals surface area contributed by atoms with Crippen LogP contribution in [-0.2, 0) is 48.0 Å². The van der Waals surface area contributed by atoms with E-state index in [4.69, 9.17) is 19.4 Å². The standard InChI is InChI=1S/C51H69N9O8S/c1-12-59-40-18-17-32-23-35(40)36(45(59)34-15-13-21-52-43(34)31(4)67-11)25-50(5,6)29-68-48(64)37-16-14-22-60(55-37)47(63)38(24-41-53-39(32)28-69-41)54-46(62)44(30(2)3)57(10)49(65)56(9)33-26-58(27-33)42(61)19-20-51(7,8)66/h13,15,17-21,23,28,30-31,33,37-38,44,55,66H,12,14,16,22,24-27,29H2,1-11H3,(H,54,62)/b20-19+/t31-,37-,38-,44-/m0/s1. The quantitative estimate of drug-likeness (QED) is 0.123. The number of nitrogens with one attached hydrogen (secondary N) is 2. The number of carbonyl (C=O) groups is 5. The van der Waals surface area contributed by atoms with Gasteiger partial charge in [0.05, 0.1) is 46.4 Å². The van der Waals surface area contributed by atoms with Crippen molar-refractivity contribution in [2.45, 2.75) is 123 Å². The molecule has 2 fully saturated rings. The molecule has 3 aromatic heterocycles. The van der Waals surface area contributed by atoms with Gasteiger partial charge in [-0.25, -0.2) is 15.2 Å². The van der Waals surface area contributed by atoms with Crippen molar-refractivity contribution in [3.05, 3.63) is 70.3 Å². The van der Waals surface area contributed by atoms with Gasteiger partial charge in [-0.05, 0) is 88.8 Å². The van der Waals surface area contributed by atoms with Crippen molar-refractivity contribution in [2.24, 2.45) is 11.3 Å². The van der Waals surface area contributed by atoms with Gasteiger partial charge in [0.1, 0.15) is 18.1 Å². The number of amides is 5. The fourth-order valence-corrected chi connectivity index (χ4v) is 10.4. The summed E-state index contributed by atoms with van der Waals surface area (Å²) in [6, 6.07) is 6.79. The minimum Gasteiger partial charge on any atom is -0.464 e. The summed E-state index contributed by atoms with van der Waals surface area (Å²) < 4.78 is 14.2. The first-order chi connectivity index (χ1) is 32.6. The molecule has 0 aliphatic carbocycles. The maximum absolute atomic E-state index is 14.7. The summed E-state index contributed by atoms with van der Waals surface area (Å²) in [5, 5.41) is 18.0.